The zero-order valence-corrected chi connectivity index (χ0v) is 10.6. The Kier molecular flexibility index (Phi) is 3.21. The molecule has 2 aliphatic rings. The first-order valence-electron chi connectivity index (χ1n) is 6.58. The summed E-state index contributed by atoms with van der Waals surface area (Å²) in [5.41, 5.74) is 0.0879. The van der Waals surface area contributed by atoms with Crippen molar-refractivity contribution in [1.29, 1.82) is 0 Å². The van der Waals surface area contributed by atoms with Gasteiger partial charge in [0.05, 0.1) is 4.92 Å². The van der Waals surface area contributed by atoms with Gasteiger partial charge in [0.1, 0.15) is 11.5 Å². The molecule has 1 saturated carbocycles. The maximum atomic E-state index is 10.6. The molecule has 0 aromatic heterocycles. The summed E-state index contributed by atoms with van der Waals surface area (Å²) in [6.07, 6.45) is 5.68. The van der Waals surface area contributed by atoms with Crippen molar-refractivity contribution in [2.45, 2.75) is 25.3 Å². The van der Waals surface area contributed by atoms with Gasteiger partial charge in [0, 0.05) is 37.7 Å². The summed E-state index contributed by atoms with van der Waals surface area (Å²) >= 11 is 0. The second-order valence-corrected chi connectivity index (χ2v) is 5.00. The highest BCUT2D eigenvalue weighted by Crippen LogP contribution is 2.29. The lowest BCUT2D eigenvalue weighted by molar-refractivity contribution is -0.384. The highest BCUT2D eigenvalue weighted by Gasteiger charge is 2.29. The molecule has 0 bridgehead atoms. The third-order valence-corrected chi connectivity index (χ3v) is 3.56. The summed E-state index contributed by atoms with van der Waals surface area (Å²) in [7, 11) is 0. The van der Waals surface area contributed by atoms with E-state index in [9.17, 15) is 10.1 Å². The molecule has 0 spiro atoms. The smallest absolute Gasteiger partial charge is 0.269 e. The minimum Gasteiger partial charge on any atom is -0.462 e. The lowest BCUT2D eigenvalue weighted by Crippen LogP contribution is -2.31. The monoisotopic (exact) mass is 260 g/mol. The van der Waals surface area contributed by atoms with Gasteiger partial charge in [0.15, 0.2) is 0 Å². The van der Waals surface area contributed by atoms with Gasteiger partial charge in [-0.3, -0.25) is 15.0 Å². The third kappa shape index (κ3) is 2.93. The molecule has 0 radical (unpaired) electrons. The van der Waals surface area contributed by atoms with Gasteiger partial charge in [-0.25, -0.2) is 0 Å². The summed E-state index contributed by atoms with van der Waals surface area (Å²) < 4.78 is 5.75. The van der Waals surface area contributed by atoms with Gasteiger partial charge in [-0.05, 0) is 31.1 Å². The number of hydrogen-bond acceptors (Lipinski definition) is 4. The second-order valence-electron chi connectivity index (χ2n) is 5.00. The first kappa shape index (κ1) is 12.2. The topological polar surface area (TPSA) is 55.6 Å². The van der Waals surface area contributed by atoms with Gasteiger partial charge in [-0.1, -0.05) is 0 Å². The lowest BCUT2D eigenvalue weighted by atomic mass is 10.2. The summed E-state index contributed by atoms with van der Waals surface area (Å²) in [4.78, 5) is 12.6. The quantitative estimate of drug-likeness (QED) is 0.617. The largest absolute Gasteiger partial charge is 0.462 e. The van der Waals surface area contributed by atoms with E-state index in [1.165, 1.54) is 25.0 Å². The Labute approximate surface area is 111 Å². The minimum atomic E-state index is -0.406. The van der Waals surface area contributed by atoms with E-state index < -0.39 is 4.92 Å². The molecule has 0 N–H and O–H groups in total. The van der Waals surface area contributed by atoms with Crippen LogP contribution in [0.15, 0.2) is 36.1 Å². The first-order chi connectivity index (χ1) is 9.22. The van der Waals surface area contributed by atoms with E-state index in [0.29, 0.717) is 5.75 Å². The van der Waals surface area contributed by atoms with E-state index in [1.54, 1.807) is 12.1 Å². The summed E-state index contributed by atoms with van der Waals surface area (Å²) in [5, 5.41) is 10.6. The molecule has 1 heterocycles. The van der Waals surface area contributed by atoms with E-state index in [1.807, 2.05) is 0 Å². The number of rotatable bonds is 4. The molecule has 1 aromatic rings. The molecule has 1 aromatic carbocycles. The molecule has 0 amide bonds. The van der Waals surface area contributed by atoms with Crippen LogP contribution in [0.25, 0.3) is 0 Å². The van der Waals surface area contributed by atoms with Crippen LogP contribution < -0.4 is 4.74 Å². The molecule has 1 fully saturated rings. The Morgan fingerprint density at radius 1 is 1.26 bits per heavy atom. The molecule has 1 aliphatic carbocycles. The molecular formula is C14H16N2O3. The molecule has 5 heteroatoms. The molecule has 100 valence electrons. The lowest BCUT2D eigenvalue weighted by Gasteiger charge is -2.25. The molecular weight excluding hydrogens is 244 g/mol. The van der Waals surface area contributed by atoms with E-state index >= 15 is 0 Å². The van der Waals surface area contributed by atoms with Crippen molar-refractivity contribution in [3.05, 3.63) is 46.2 Å². The maximum absolute atomic E-state index is 10.6. The van der Waals surface area contributed by atoms with Crippen molar-refractivity contribution in [3.63, 3.8) is 0 Å². The Bertz CT molecular complexity index is 506. The SMILES string of the molecule is O=[N+]([O-])c1ccc(OC2=CCN(C3CC3)CC2)cc1. The van der Waals surface area contributed by atoms with Crippen LogP contribution in [0.4, 0.5) is 5.69 Å². The highest BCUT2D eigenvalue weighted by molar-refractivity contribution is 5.36. The summed E-state index contributed by atoms with van der Waals surface area (Å²) in [5.74, 6) is 1.63. The Hall–Kier alpha value is -1.88. The van der Waals surface area contributed by atoms with Gasteiger partial charge < -0.3 is 4.74 Å². The van der Waals surface area contributed by atoms with Crippen LogP contribution in [0.3, 0.4) is 0 Å². The zero-order chi connectivity index (χ0) is 13.2. The standard InChI is InChI=1S/C14H16N2O3/c17-16(18)12-3-5-13(6-4-12)19-14-7-9-15(10-8-14)11-1-2-11/h3-7,11H,1-2,8-10H2. The van der Waals surface area contributed by atoms with Crippen LogP contribution in [0.5, 0.6) is 5.75 Å². The predicted molar refractivity (Wildman–Crippen MR) is 71.0 cm³/mol. The second kappa shape index (κ2) is 5.01. The molecule has 0 atom stereocenters. The van der Waals surface area contributed by atoms with Crippen LogP contribution in [-0.2, 0) is 0 Å². The fourth-order valence-electron chi connectivity index (χ4n) is 2.32. The Morgan fingerprint density at radius 3 is 2.53 bits per heavy atom. The van der Waals surface area contributed by atoms with E-state index in [2.05, 4.69) is 11.0 Å². The van der Waals surface area contributed by atoms with Crippen molar-refractivity contribution < 1.29 is 9.66 Å². The molecule has 0 saturated heterocycles. The van der Waals surface area contributed by atoms with Gasteiger partial charge >= 0.3 is 0 Å². The average Bonchev–Trinajstić information content (AvgIpc) is 3.25. The first-order valence-corrected chi connectivity index (χ1v) is 6.58. The number of ether oxygens (including phenoxy) is 1. The van der Waals surface area contributed by atoms with Crippen molar-refractivity contribution in [2.24, 2.45) is 0 Å². The number of nitro groups is 1. The van der Waals surface area contributed by atoms with Crippen molar-refractivity contribution >= 4 is 5.69 Å². The van der Waals surface area contributed by atoms with Crippen LogP contribution >= 0.6 is 0 Å². The molecule has 5 nitrogen and oxygen atoms in total. The van der Waals surface area contributed by atoms with Crippen molar-refractivity contribution in [3.8, 4) is 5.75 Å². The van der Waals surface area contributed by atoms with Gasteiger partial charge in [0.2, 0.25) is 0 Å². The van der Waals surface area contributed by atoms with Gasteiger partial charge in [-0.2, -0.15) is 0 Å². The van der Waals surface area contributed by atoms with Gasteiger partial charge in [-0.15, -0.1) is 0 Å². The van der Waals surface area contributed by atoms with Crippen LogP contribution in [-0.4, -0.2) is 29.0 Å². The third-order valence-electron chi connectivity index (χ3n) is 3.56. The average molecular weight is 260 g/mol. The number of hydrogen-bond donors (Lipinski definition) is 0. The van der Waals surface area contributed by atoms with Crippen LogP contribution in [0.2, 0.25) is 0 Å². The normalized spacial score (nSPS) is 19.9. The Balaban J connectivity index is 1.60. The van der Waals surface area contributed by atoms with Gasteiger partial charge in [0.25, 0.3) is 5.69 Å². The maximum Gasteiger partial charge on any atom is 0.269 e. The van der Waals surface area contributed by atoms with E-state index in [0.717, 1.165) is 31.3 Å². The van der Waals surface area contributed by atoms with Crippen LogP contribution in [0, 0.1) is 10.1 Å². The van der Waals surface area contributed by atoms with Crippen LogP contribution in [0.1, 0.15) is 19.3 Å². The Morgan fingerprint density at radius 2 is 2.00 bits per heavy atom. The number of nitrogens with zero attached hydrogens (tertiary/aromatic N) is 2. The molecule has 3 rings (SSSR count). The molecule has 0 unspecified atom stereocenters. The van der Waals surface area contributed by atoms with E-state index in [4.69, 9.17) is 4.74 Å². The minimum absolute atomic E-state index is 0.0879. The fraction of sp³-hybridized carbons (Fsp3) is 0.429. The number of benzene rings is 1. The number of non-ortho nitro benzene ring substituents is 1. The molecule has 1 aliphatic heterocycles. The summed E-state index contributed by atoms with van der Waals surface area (Å²) in [6, 6.07) is 7.01. The number of nitro benzene ring substituents is 1. The van der Waals surface area contributed by atoms with E-state index in [-0.39, 0.29) is 5.69 Å². The molecule has 19 heavy (non-hydrogen) atoms. The summed E-state index contributed by atoms with van der Waals surface area (Å²) in [6.45, 7) is 2.00. The zero-order valence-electron chi connectivity index (χ0n) is 10.6. The van der Waals surface area contributed by atoms with Crippen molar-refractivity contribution in [1.82, 2.24) is 4.90 Å². The fourth-order valence-corrected chi connectivity index (χ4v) is 2.32. The predicted octanol–water partition coefficient (Wildman–Crippen LogP) is 2.73. The highest BCUT2D eigenvalue weighted by atomic mass is 16.6. The van der Waals surface area contributed by atoms with Crippen molar-refractivity contribution in [2.75, 3.05) is 13.1 Å².